The zero-order chi connectivity index (χ0) is 29.9. The molecule has 1 aliphatic carbocycles. The van der Waals surface area contributed by atoms with Crippen molar-refractivity contribution in [2.24, 2.45) is 0 Å². The van der Waals surface area contributed by atoms with Crippen LogP contribution in [0.3, 0.4) is 0 Å². The van der Waals surface area contributed by atoms with Crippen molar-refractivity contribution in [2.45, 2.75) is 0 Å². The van der Waals surface area contributed by atoms with E-state index in [-0.39, 0.29) is 0 Å². The Labute approximate surface area is 264 Å². The van der Waals surface area contributed by atoms with E-state index in [1.54, 1.807) is 0 Å². The third kappa shape index (κ3) is 3.05. The van der Waals surface area contributed by atoms with Gasteiger partial charge in [-0.05, 0) is 79.7 Å². The topological polar surface area (TPSA) is 18.1 Å². The fraction of sp³-hybridized carbons (Fsp3) is 0. The maximum Gasteiger partial charge on any atom is 0.143 e. The Balaban J connectivity index is 1.27. The number of rotatable bonds is 2. The number of para-hydroxylation sites is 2. The molecule has 46 heavy (non-hydrogen) atoms. The summed E-state index contributed by atoms with van der Waals surface area (Å²) in [7, 11) is 0. The largest absolute Gasteiger partial charge is 0.455 e. The Hall–Kier alpha value is -6.12. The number of furan rings is 1. The van der Waals surface area contributed by atoms with Gasteiger partial charge in [0.25, 0.3) is 0 Å². The van der Waals surface area contributed by atoms with Gasteiger partial charge in [0.2, 0.25) is 0 Å². The zero-order valence-electron chi connectivity index (χ0n) is 24.8. The van der Waals surface area contributed by atoms with Gasteiger partial charge < -0.3 is 8.98 Å². The van der Waals surface area contributed by atoms with E-state index >= 15 is 0 Å². The van der Waals surface area contributed by atoms with Crippen LogP contribution in [0.4, 0.5) is 0 Å². The van der Waals surface area contributed by atoms with Crippen molar-refractivity contribution in [3.05, 3.63) is 152 Å². The minimum absolute atomic E-state index is 0.917. The molecule has 0 N–H and O–H groups in total. The van der Waals surface area contributed by atoms with Crippen molar-refractivity contribution in [3.63, 3.8) is 0 Å². The Bertz CT molecular complexity index is 2920. The lowest BCUT2D eigenvalue weighted by atomic mass is 9.96. The summed E-state index contributed by atoms with van der Waals surface area (Å²) >= 11 is 0. The molecule has 0 unspecified atom stereocenters. The van der Waals surface area contributed by atoms with Crippen LogP contribution >= 0.6 is 0 Å². The monoisotopic (exact) mass is 583 g/mol. The summed E-state index contributed by atoms with van der Waals surface area (Å²) in [5, 5.41) is 10.1. The smallest absolute Gasteiger partial charge is 0.143 e. The molecule has 2 nitrogen and oxygen atoms in total. The van der Waals surface area contributed by atoms with E-state index in [0.717, 1.165) is 38.8 Å². The van der Waals surface area contributed by atoms with E-state index in [2.05, 4.69) is 150 Å². The first-order valence-corrected chi connectivity index (χ1v) is 15.9. The van der Waals surface area contributed by atoms with Crippen LogP contribution in [0.15, 0.2) is 156 Å². The molecule has 0 amide bonds. The lowest BCUT2D eigenvalue weighted by molar-refractivity contribution is 0.670. The van der Waals surface area contributed by atoms with Crippen LogP contribution in [0.5, 0.6) is 0 Å². The highest BCUT2D eigenvalue weighted by molar-refractivity contribution is 6.33. The average Bonchev–Trinajstić information content (AvgIpc) is 3.77. The van der Waals surface area contributed by atoms with Gasteiger partial charge in [-0.3, -0.25) is 0 Å². The number of aromatic nitrogens is 1. The van der Waals surface area contributed by atoms with Crippen molar-refractivity contribution < 1.29 is 4.42 Å². The van der Waals surface area contributed by atoms with Gasteiger partial charge in [-0.15, -0.1) is 0 Å². The summed E-state index contributed by atoms with van der Waals surface area (Å²) < 4.78 is 8.94. The second-order valence-electron chi connectivity index (χ2n) is 12.4. The van der Waals surface area contributed by atoms with Gasteiger partial charge >= 0.3 is 0 Å². The van der Waals surface area contributed by atoms with Gasteiger partial charge in [-0.25, -0.2) is 0 Å². The average molecular weight is 584 g/mol. The molecule has 0 saturated heterocycles. The molecular weight excluding hydrogens is 558 g/mol. The van der Waals surface area contributed by atoms with Gasteiger partial charge in [0.15, 0.2) is 0 Å². The second-order valence-corrected chi connectivity index (χ2v) is 12.4. The number of hydrogen-bond acceptors (Lipinski definition) is 1. The van der Waals surface area contributed by atoms with Gasteiger partial charge in [-0.2, -0.15) is 0 Å². The third-order valence-electron chi connectivity index (χ3n) is 10.1. The quantitative estimate of drug-likeness (QED) is 0.198. The molecule has 0 saturated carbocycles. The van der Waals surface area contributed by atoms with E-state index in [4.69, 9.17) is 4.42 Å². The van der Waals surface area contributed by atoms with Crippen LogP contribution < -0.4 is 0 Å². The Kier molecular flexibility index (Phi) is 4.61. The third-order valence-corrected chi connectivity index (χ3v) is 10.1. The zero-order valence-corrected chi connectivity index (χ0v) is 24.8. The number of nitrogens with zero attached hydrogens (tertiary/aromatic N) is 1. The van der Waals surface area contributed by atoms with Crippen molar-refractivity contribution >= 4 is 65.3 Å². The normalized spacial score (nSPS) is 12.3. The minimum Gasteiger partial charge on any atom is -0.455 e. The lowest BCUT2D eigenvalue weighted by Gasteiger charge is -2.12. The van der Waals surface area contributed by atoms with Gasteiger partial charge in [0.05, 0.1) is 11.0 Å². The second kappa shape index (κ2) is 8.74. The molecule has 0 aliphatic heterocycles. The molecule has 0 bridgehead atoms. The lowest BCUT2D eigenvalue weighted by Crippen LogP contribution is -1.95. The van der Waals surface area contributed by atoms with Crippen molar-refractivity contribution in [1.29, 1.82) is 0 Å². The Morgan fingerprint density at radius 1 is 0.391 bits per heavy atom. The summed E-state index contributed by atoms with van der Waals surface area (Å²) in [6.45, 7) is 0. The molecule has 0 spiro atoms. The van der Waals surface area contributed by atoms with Crippen molar-refractivity contribution in [2.75, 3.05) is 0 Å². The first-order valence-electron chi connectivity index (χ1n) is 15.9. The molecule has 2 heterocycles. The minimum atomic E-state index is 0.917. The Morgan fingerprint density at radius 3 is 1.98 bits per heavy atom. The Morgan fingerprint density at radius 2 is 1.07 bits per heavy atom. The summed E-state index contributed by atoms with van der Waals surface area (Å²) in [5.74, 6) is 0. The molecule has 11 rings (SSSR count). The first kappa shape index (κ1) is 24.2. The molecule has 8 aromatic carbocycles. The predicted molar refractivity (Wildman–Crippen MR) is 193 cm³/mol. The van der Waals surface area contributed by atoms with Crippen molar-refractivity contribution in [3.8, 4) is 39.1 Å². The van der Waals surface area contributed by atoms with Crippen LogP contribution in [0.1, 0.15) is 0 Å². The highest BCUT2D eigenvalue weighted by atomic mass is 16.3. The predicted octanol–water partition coefficient (Wildman–Crippen LogP) is 12.3. The standard InChI is InChI=1S/C44H25NO/c1-2-13-29-26(10-1)22-23-38-42(29)43-36-20-9-18-34-31-14-3-4-15-32(31)37(41(34)36)25-39(43)45(38)28-12-7-11-27(24-28)30-17-8-19-35-33-16-5-6-21-40(33)46-44(30)35/h1-25H. The SMILES string of the molecule is c1cc(-c2cccc3c2oc2ccccc23)cc(-n2c3ccc4ccccc4c3c3c4cccc5c4c(cc32)-c2ccccc2-5)c1. The van der Waals surface area contributed by atoms with E-state index in [0.29, 0.717) is 0 Å². The maximum atomic E-state index is 6.47. The summed E-state index contributed by atoms with van der Waals surface area (Å²) in [6.07, 6.45) is 0. The summed E-state index contributed by atoms with van der Waals surface area (Å²) in [4.78, 5) is 0. The van der Waals surface area contributed by atoms with Crippen LogP contribution in [0.2, 0.25) is 0 Å². The molecule has 212 valence electrons. The van der Waals surface area contributed by atoms with Crippen LogP contribution in [0, 0.1) is 0 Å². The van der Waals surface area contributed by atoms with Crippen LogP contribution in [-0.2, 0) is 0 Å². The molecule has 2 aromatic heterocycles. The van der Waals surface area contributed by atoms with E-state index < -0.39 is 0 Å². The van der Waals surface area contributed by atoms with Gasteiger partial charge in [0, 0.05) is 32.8 Å². The van der Waals surface area contributed by atoms with E-state index in [9.17, 15) is 0 Å². The highest BCUT2D eigenvalue weighted by Crippen LogP contribution is 2.52. The molecule has 1 aliphatic rings. The highest BCUT2D eigenvalue weighted by Gasteiger charge is 2.26. The summed E-state index contributed by atoms with van der Waals surface area (Å²) in [5.41, 5.74) is 12.9. The molecule has 10 aromatic rings. The van der Waals surface area contributed by atoms with E-state index in [1.165, 1.54) is 65.6 Å². The van der Waals surface area contributed by atoms with E-state index in [1.807, 2.05) is 6.07 Å². The van der Waals surface area contributed by atoms with Crippen molar-refractivity contribution in [1.82, 2.24) is 4.57 Å². The number of hydrogen-bond donors (Lipinski definition) is 0. The van der Waals surface area contributed by atoms with Gasteiger partial charge in [-0.1, -0.05) is 121 Å². The molecule has 2 heteroatoms. The molecule has 0 fully saturated rings. The van der Waals surface area contributed by atoms with Crippen LogP contribution in [-0.4, -0.2) is 4.57 Å². The number of benzene rings is 8. The fourth-order valence-corrected chi connectivity index (χ4v) is 8.20. The maximum absolute atomic E-state index is 6.47. The van der Waals surface area contributed by atoms with Gasteiger partial charge in [0.1, 0.15) is 11.2 Å². The molecular formula is C44H25NO. The summed E-state index contributed by atoms with van der Waals surface area (Å²) in [6, 6.07) is 55.2. The molecule has 0 atom stereocenters. The van der Waals surface area contributed by atoms with Crippen LogP contribution in [0.25, 0.3) is 104 Å². The fourth-order valence-electron chi connectivity index (χ4n) is 8.20. The molecule has 0 radical (unpaired) electrons. The number of fused-ring (bicyclic) bond motifs is 12. The first-order chi connectivity index (χ1) is 22.8.